The molecule has 1 aliphatic heterocycles. The molecular weight excluding hydrogens is 380 g/mol. The molecule has 0 aliphatic carbocycles. The summed E-state index contributed by atoms with van der Waals surface area (Å²) in [6.45, 7) is 3.72. The molecule has 0 atom stereocenters. The van der Waals surface area contributed by atoms with E-state index in [1.54, 1.807) is 24.4 Å². The number of hydrogen-bond donors (Lipinski definition) is 1. The predicted molar refractivity (Wildman–Crippen MR) is 102 cm³/mol. The van der Waals surface area contributed by atoms with Crippen molar-refractivity contribution in [3.8, 4) is 0 Å². The summed E-state index contributed by atoms with van der Waals surface area (Å²) in [5.41, 5.74) is 4.76. The van der Waals surface area contributed by atoms with Crippen LogP contribution in [-0.2, 0) is 11.3 Å². The fraction of sp³-hybridized carbons (Fsp3) is 0.211. The maximum atomic E-state index is 13.1. The molecule has 3 heterocycles. The van der Waals surface area contributed by atoms with Gasteiger partial charge in [-0.3, -0.25) is 19.8 Å². The van der Waals surface area contributed by atoms with Crippen LogP contribution in [0.25, 0.3) is 10.9 Å². The number of benzene rings is 1. The van der Waals surface area contributed by atoms with Crippen molar-refractivity contribution in [2.75, 3.05) is 7.11 Å². The number of hydrogen-bond acceptors (Lipinski definition) is 7. The van der Waals surface area contributed by atoms with Crippen molar-refractivity contribution in [2.24, 2.45) is 0 Å². The van der Waals surface area contributed by atoms with Crippen molar-refractivity contribution in [3.63, 3.8) is 0 Å². The Bertz CT molecular complexity index is 1150. The van der Waals surface area contributed by atoms with Crippen LogP contribution in [-0.4, -0.2) is 39.8 Å². The van der Waals surface area contributed by atoms with Gasteiger partial charge in [0.15, 0.2) is 0 Å². The Balaban J connectivity index is 1.81. The van der Waals surface area contributed by atoms with E-state index in [9.17, 15) is 14.4 Å². The second kappa shape index (κ2) is 6.77. The average Bonchev–Trinajstić information content (AvgIpc) is 3.20. The Morgan fingerprint density at radius 3 is 2.61 bits per heavy atom. The highest BCUT2D eigenvalue weighted by Gasteiger charge is 2.41. The van der Waals surface area contributed by atoms with Gasteiger partial charge in [-0.1, -0.05) is 11.6 Å². The lowest BCUT2D eigenvalue weighted by atomic mass is 10.0. The van der Waals surface area contributed by atoms with E-state index in [0.717, 1.165) is 10.6 Å². The first kappa shape index (κ1) is 18.2. The van der Waals surface area contributed by atoms with E-state index in [1.165, 1.54) is 18.4 Å². The third-order valence-corrected chi connectivity index (χ3v) is 5.17. The molecule has 0 unspecified atom stereocenters. The number of ether oxygens (including phenoxy) is 1. The molecule has 8 nitrogen and oxygen atoms in total. The molecule has 0 radical (unpaired) electrons. The Labute approximate surface area is 164 Å². The summed E-state index contributed by atoms with van der Waals surface area (Å²) >= 11 is 1.31. The minimum atomic E-state index is -0.636. The standard InChI is InChI=1S/C19H16N4O4S/c1-9-4-5-12-11(6-9)15-16(13(21-12)7-27-3)19(26)23(18(15)25)22-17(24)14-8-28-10(2)20-14/h4-6,8H,7H2,1-3H3,(H,22,24). The summed E-state index contributed by atoms with van der Waals surface area (Å²) in [6.07, 6.45) is 0. The lowest BCUT2D eigenvalue weighted by Gasteiger charge is -2.14. The van der Waals surface area contributed by atoms with E-state index in [0.29, 0.717) is 21.6 Å². The normalized spacial score (nSPS) is 13.3. The Hall–Kier alpha value is -3.17. The van der Waals surface area contributed by atoms with Crippen LogP contribution in [0, 0.1) is 13.8 Å². The number of carbonyl (C=O) groups excluding carboxylic acids is 3. The molecule has 0 bridgehead atoms. The molecule has 28 heavy (non-hydrogen) atoms. The van der Waals surface area contributed by atoms with Gasteiger partial charge in [0.25, 0.3) is 17.7 Å². The van der Waals surface area contributed by atoms with Crippen LogP contribution in [0.1, 0.15) is 47.5 Å². The van der Waals surface area contributed by atoms with Gasteiger partial charge >= 0.3 is 0 Å². The number of nitrogens with zero attached hydrogens (tertiary/aromatic N) is 3. The zero-order chi connectivity index (χ0) is 20.0. The van der Waals surface area contributed by atoms with Gasteiger partial charge in [0.1, 0.15) is 5.69 Å². The minimum Gasteiger partial charge on any atom is -0.378 e. The summed E-state index contributed by atoms with van der Waals surface area (Å²) in [4.78, 5) is 47.1. The van der Waals surface area contributed by atoms with Gasteiger partial charge in [-0.25, -0.2) is 9.97 Å². The number of hydrazine groups is 1. The van der Waals surface area contributed by atoms with Crippen molar-refractivity contribution >= 4 is 40.0 Å². The fourth-order valence-electron chi connectivity index (χ4n) is 3.17. The van der Waals surface area contributed by atoms with Crippen molar-refractivity contribution in [3.05, 3.63) is 56.7 Å². The molecule has 1 aromatic carbocycles. The van der Waals surface area contributed by atoms with E-state index in [2.05, 4.69) is 15.4 Å². The number of aromatic nitrogens is 2. The van der Waals surface area contributed by atoms with Gasteiger partial charge < -0.3 is 4.74 Å². The number of carbonyl (C=O) groups is 3. The van der Waals surface area contributed by atoms with Crippen LogP contribution in [0.2, 0.25) is 0 Å². The zero-order valence-corrected chi connectivity index (χ0v) is 16.2. The minimum absolute atomic E-state index is 0.0677. The Morgan fingerprint density at radius 2 is 1.93 bits per heavy atom. The maximum Gasteiger partial charge on any atom is 0.289 e. The Morgan fingerprint density at radius 1 is 1.18 bits per heavy atom. The molecule has 142 valence electrons. The summed E-state index contributed by atoms with van der Waals surface area (Å²) in [5.74, 6) is -1.86. The van der Waals surface area contributed by atoms with Crippen molar-refractivity contribution in [1.29, 1.82) is 0 Å². The van der Waals surface area contributed by atoms with Crippen molar-refractivity contribution in [2.45, 2.75) is 20.5 Å². The van der Waals surface area contributed by atoms with Gasteiger partial charge in [-0.15, -0.1) is 11.3 Å². The number of thiazole rings is 1. The first-order chi connectivity index (χ1) is 13.4. The molecule has 0 fully saturated rings. The van der Waals surface area contributed by atoms with E-state index in [1.807, 2.05) is 13.0 Å². The zero-order valence-electron chi connectivity index (χ0n) is 15.4. The molecule has 0 saturated carbocycles. The van der Waals surface area contributed by atoms with Crippen LogP contribution in [0.5, 0.6) is 0 Å². The third-order valence-electron chi connectivity index (χ3n) is 4.40. The summed E-state index contributed by atoms with van der Waals surface area (Å²) in [6, 6.07) is 5.48. The number of methoxy groups -OCH3 is 1. The van der Waals surface area contributed by atoms with Gasteiger partial charge in [-0.05, 0) is 26.0 Å². The highest BCUT2D eigenvalue weighted by molar-refractivity contribution is 7.09. The lowest BCUT2D eigenvalue weighted by Crippen LogP contribution is -2.46. The maximum absolute atomic E-state index is 13.1. The number of imide groups is 1. The van der Waals surface area contributed by atoms with Gasteiger partial charge in [0.05, 0.1) is 34.0 Å². The number of rotatable bonds is 4. The van der Waals surface area contributed by atoms with Crippen LogP contribution >= 0.6 is 11.3 Å². The number of nitrogens with one attached hydrogen (secondary N) is 1. The molecule has 9 heteroatoms. The quantitative estimate of drug-likeness (QED) is 0.680. The number of fused-ring (bicyclic) bond motifs is 3. The first-order valence-corrected chi connectivity index (χ1v) is 9.32. The lowest BCUT2D eigenvalue weighted by molar-refractivity contribution is 0.0516. The first-order valence-electron chi connectivity index (χ1n) is 8.44. The molecule has 3 aromatic rings. The van der Waals surface area contributed by atoms with Gasteiger partial charge in [0.2, 0.25) is 0 Å². The van der Waals surface area contributed by atoms with Crippen LogP contribution < -0.4 is 5.43 Å². The van der Waals surface area contributed by atoms with Crippen LogP contribution in [0.3, 0.4) is 0 Å². The molecule has 4 rings (SSSR count). The second-order valence-electron chi connectivity index (χ2n) is 6.40. The highest BCUT2D eigenvalue weighted by atomic mass is 32.1. The van der Waals surface area contributed by atoms with Crippen LogP contribution in [0.4, 0.5) is 0 Å². The summed E-state index contributed by atoms with van der Waals surface area (Å²) in [7, 11) is 1.48. The molecule has 0 saturated heterocycles. The van der Waals surface area contributed by atoms with Gasteiger partial charge in [-0.2, -0.15) is 5.01 Å². The number of aryl methyl sites for hydroxylation is 2. The third kappa shape index (κ3) is 2.85. The molecule has 1 aliphatic rings. The van der Waals surface area contributed by atoms with Gasteiger partial charge in [0, 0.05) is 17.9 Å². The smallest absolute Gasteiger partial charge is 0.289 e. The summed E-state index contributed by atoms with van der Waals surface area (Å²) in [5, 5.41) is 3.57. The predicted octanol–water partition coefficient (Wildman–Crippen LogP) is 2.40. The molecular formula is C19H16N4O4S. The van der Waals surface area contributed by atoms with Crippen molar-refractivity contribution in [1.82, 2.24) is 20.4 Å². The van der Waals surface area contributed by atoms with Crippen molar-refractivity contribution < 1.29 is 19.1 Å². The average molecular weight is 396 g/mol. The summed E-state index contributed by atoms with van der Waals surface area (Å²) < 4.78 is 5.16. The fourth-order valence-corrected chi connectivity index (χ4v) is 3.76. The number of pyridine rings is 1. The molecule has 0 spiro atoms. The van der Waals surface area contributed by atoms with E-state index < -0.39 is 17.7 Å². The SMILES string of the molecule is COCc1nc2ccc(C)cc2c2c1C(=O)N(NC(=O)c1csc(C)n1)C2=O. The molecule has 1 N–H and O–H groups in total. The van der Waals surface area contributed by atoms with Crippen LogP contribution in [0.15, 0.2) is 23.6 Å². The largest absolute Gasteiger partial charge is 0.378 e. The monoisotopic (exact) mass is 396 g/mol. The highest BCUT2D eigenvalue weighted by Crippen LogP contribution is 2.31. The molecule has 3 amide bonds. The molecule has 2 aromatic heterocycles. The second-order valence-corrected chi connectivity index (χ2v) is 7.46. The number of amides is 3. The van der Waals surface area contributed by atoms with E-state index in [4.69, 9.17) is 4.74 Å². The Kier molecular flexibility index (Phi) is 4.40. The van der Waals surface area contributed by atoms with E-state index in [-0.39, 0.29) is 23.4 Å². The topological polar surface area (TPSA) is 101 Å². The van der Waals surface area contributed by atoms with E-state index >= 15 is 0 Å².